The number of carbonyl (C=O) groups excluding carboxylic acids is 1. The van der Waals surface area contributed by atoms with Crippen LogP contribution in [0.3, 0.4) is 0 Å². The minimum atomic E-state index is 0. The molecule has 3 aromatic heterocycles. The monoisotopic (exact) mass is 384 g/mol. The number of anilines is 1. The lowest BCUT2D eigenvalue weighted by molar-refractivity contribution is -0.121. The molecule has 0 unspecified atom stereocenters. The summed E-state index contributed by atoms with van der Waals surface area (Å²) < 4.78 is 0. The van der Waals surface area contributed by atoms with Gasteiger partial charge >= 0.3 is 0 Å². The number of amides is 1. The Morgan fingerprint density at radius 2 is 1.81 bits per heavy atom. The number of thiazole rings is 1. The van der Waals surface area contributed by atoms with Gasteiger partial charge in [-0.2, -0.15) is 0 Å². The molecule has 1 N–H and O–H groups in total. The molecule has 1 amide bonds. The highest BCUT2D eigenvalue weighted by Crippen LogP contribution is 2.29. The first kappa shape index (κ1) is 19.4. The van der Waals surface area contributed by atoms with Gasteiger partial charge in [0.2, 0.25) is 5.91 Å². The van der Waals surface area contributed by atoms with Crippen LogP contribution in [0.2, 0.25) is 0 Å². The number of nitrogens with one attached hydrogen (secondary N) is 1. The van der Waals surface area contributed by atoms with E-state index in [4.69, 9.17) is 0 Å². The third-order valence-electron chi connectivity index (χ3n) is 4.93. The molecule has 0 radical (unpaired) electrons. The fourth-order valence-corrected chi connectivity index (χ4v) is 3.92. The maximum Gasteiger partial charge on any atom is 0.228 e. The second-order valence-corrected chi connectivity index (χ2v) is 7.68. The van der Waals surface area contributed by atoms with Crippen molar-refractivity contribution in [3.05, 3.63) is 36.2 Å². The molecule has 1 aliphatic rings. The van der Waals surface area contributed by atoms with Crippen LogP contribution in [0.1, 0.15) is 47.9 Å². The Bertz CT molecular complexity index is 893. The molecular weight excluding hydrogens is 356 g/mol. The smallest absolute Gasteiger partial charge is 0.228 e. The zero-order valence-electron chi connectivity index (χ0n) is 16.1. The molecule has 0 aliphatic heterocycles. The average Bonchev–Trinajstić information content (AvgIpc) is 3.24. The zero-order chi connectivity index (χ0) is 19.2. The maximum absolute atomic E-state index is 12.5. The van der Waals surface area contributed by atoms with Crippen molar-refractivity contribution in [2.75, 3.05) is 5.32 Å². The standard InChI is InChI=1S/C19H20N4OS.C2H6.H2/c1-12-2-4-13(5-3-12)19(24)23-18-7-14-6-16(17-10-20-11-25-17)21-8-15(14)9-22-18;1-2;/h6-13H,2-5H2,1H3,(H,22,23,24);1-2H3;1H. The number of pyridine rings is 2. The Kier molecular flexibility index (Phi) is 6.50. The quantitative estimate of drug-likeness (QED) is 0.620. The summed E-state index contributed by atoms with van der Waals surface area (Å²) in [5.41, 5.74) is 2.68. The average molecular weight is 385 g/mol. The van der Waals surface area contributed by atoms with E-state index >= 15 is 0 Å². The Labute approximate surface area is 165 Å². The lowest BCUT2D eigenvalue weighted by Gasteiger charge is -2.25. The van der Waals surface area contributed by atoms with Crippen molar-refractivity contribution in [2.24, 2.45) is 11.8 Å². The summed E-state index contributed by atoms with van der Waals surface area (Å²) in [5.74, 6) is 1.55. The van der Waals surface area contributed by atoms with Crippen LogP contribution in [0.4, 0.5) is 5.82 Å². The second-order valence-electron chi connectivity index (χ2n) is 6.80. The molecule has 0 bridgehead atoms. The predicted octanol–water partition coefficient (Wildman–Crippen LogP) is 5.79. The Balaban J connectivity index is 0.000000906. The van der Waals surface area contributed by atoms with Gasteiger partial charge in [0.15, 0.2) is 0 Å². The number of rotatable bonds is 3. The van der Waals surface area contributed by atoms with Gasteiger partial charge in [-0.05, 0) is 49.1 Å². The SMILES string of the molecule is CC.CC1CCC(C(=O)Nc2cc3cc(-c4cncs4)ncc3cn2)CC1.[HH]. The molecule has 27 heavy (non-hydrogen) atoms. The molecule has 144 valence electrons. The summed E-state index contributed by atoms with van der Waals surface area (Å²) >= 11 is 1.56. The summed E-state index contributed by atoms with van der Waals surface area (Å²) in [4.78, 5) is 26.5. The lowest BCUT2D eigenvalue weighted by Crippen LogP contribution is -2.26. The van der Waals surface area contributed by atoms with Gasteiger partial charge < -0.3 is 5.32 Å². The number of carbonyl (C=O) groups is 1. The van der Waals surface area contributed by atoms with Crippen molar-refractivity contribution in [1.29, 1.82) is 0 Å². The van der Waals surface area contributed by atoms with E-state index in [2.05, 4.69) is 27.2 Å². The molecule has 1 fully saturated rings. The highest BCUT2D eigenvalue weighted by molar-refractivity contribution is 7.13. The summed E-state index contributed by atoms with van der Waals surface area (Å²) in [6.45, 7) is 6.26. The number of hydrogen-bond donors (Lipinski definition) is 1. The molecule has 1 aliphatic carbocycles. The van der Waals surface area contributed by atoms with Crippen molar-refractivity contribution in [3.63, 3.8) is 0 Å². The highest BCUT2D eigenvalue weighted by Gasteiger charge is 2.24. The van der Waals surface area contributed by atoms with Gasteiger partial charge in [0.05, 0.1) is 16.1 Å². The van der Waals surface area contributed by atoms with E-state index in [-0.39, 0.29) is 13.3 Å². The molecule has 6 heteroatoms. The van der Waals surface area contributed by atoms with E-state index < -0.39 is 0 Å². The van der Waals surface area contributed by atoms with Crippen LogP contribution in [0.25, 0.3) is 21.3 Å². The molecule has 3 heterocycles. The summed E-state index contributed by atoms with van der Waals surface area (Å²) in [6.07, 6.45) is 9.59. The Morgan fingerprint density at radius 3 is 2.52 bits per heavy atom. The van der Waals surface area contributed by atoms with Gasteiger partial charge in [-0.3, -0.25) is 14.8 Å². The van der Waals surface area contributed by atoms with Crippen LogP contribution in [-0.2, 0) is 4.79 Å². The molecule has 4 rings (SSSR count). The van der Waals surface area contributed by atoms with Crippen molar-refractivity contribution in [3.8, 4) is 10.6 Å². The van der Waals surface area contributed by atoms with Crippen LogP contribution < -0.4 is 5.32 Å². The van der Waals surface area contributed by atoms with E-state index in [1.54, 1.807) is 23.0 Å². The van der Waals surface area contributed by atoms with Crippen LogP contribution in [0, 0.1) is 11.8 Å². The van der Waals surface area contributed by atoms with E-state index in [0.29, 0.717) is 5.82 Å². The van der Waals surface area contributed by atoms with E-state index in [0.717, 1.165) is 52.9 Å². The normalized spacial score (nSPS) is 19.2. The number of fused-ring (bicyclic) bond motifs is 1. The first-order chi connectivity index (χ1) is 13.2. The third-order valence-corrected chi connectivity index (χ3v) is 5.72. The Hall–Kier alpha value is -2.34. The maximum atomic E-state index is 12.5. The van der Waals surface area contributed by atoms with Gasteiger partial charge in [0.1, 0.15) is 5.82 Å². The largest absolute Gasteiger partial charge is 0.310 e. The van der Waals surface area contributed by atoms with Crippen molar-refractivity contribution >= 4 is 33.8 Å². The van der Waals surface area contributed by atoms with E-state index in [1.165, 1.54) is 0 Å². The molecule has 0 atom stereocenters. The minimum Gasteiger partial charge on any atom is -0.310 e. The molecular formula is C21H28N4OS. The molecule has 5 nitrogen and oxygen atoms in total. The van der Waals surface area contributed by atoms with E-state index in [9.17, 15) is 4.79 Å². The van der Waals surface area contributed by atoms with Crippen molar-refractivity contribution < 1.29 is 6.22 Å². The molecule has 0 aromatic carbocycles. The molecule has 0 spiro atoms. The lowest BCUT2D eigenvalue weighted by atomic mass is 9.82. The van der Waals surface area contributed by atoms with Gasteiger partial charge in [-0.1, -0.05) is 20.8 Å². The van der Waals surface area contributed by atoms with Crippen LogP contribution in [-0.4, -0.2) is 20.9 Å². The molecule has 0 saturated heterocycles. The van der Waals surface area contributed by atoms with Crippen molar-refractivity contribution in [1.82, 2.24) is 15.0 Å². The first-order valence-corrected chi connectivity index (χ1v) is 10.5. The third kappa shape index (κ3) is 4.69. The highest BCUT2D eigenvalue weighted by atomic mass is 32.1. The minimum absolute atomic E-state index is 0. The van der Waals surface area contributed by atoms with Gasteiger partial charge in [-0.25, -0.2) is 4.98 Å². The van der Waals surface area contributed by atoms with Crippen LogP contribution in [0.5, 0.6) is 0 Å². The molecule has 1 saturated carbocycles. The van der Waals surface area contributed by atoms with Crippen LogP contribution in [0.15, 0.2) is 36.2 Å². The zero-order valence-corrected chi connectivity index (χ0v) is 16.9. The second kappa shape index (κ2) is 9.04. The number of aromatic nitrogens is 3. The van der Waals surface area contributed by atoms with Crippen molar-refractivity contribution in [2.45, 2.75) is 46.5 Å². The van der Waals surface area contributed by atoms with E-state index in [1.807, 2.05) is 38.4 Å². The fraction of sp³-hybridized carbons (Fsp3) is 0.429. The van der Waals surface area contributed by atoms with Gasteiger partial charge in [-0.15, -0.1) is 11.3 Å². The summed E-state index contributed by atoms with van der Waals surface area (Å²) in [6, 6.07) is 3.94. The Morgan fingerprint density at radius 1 is 1.07 bits per heavy atom. The van der Waals surface area contributed by atoms with Crippen LogP contribution >= 0.6 is 11.3 Å². The van der Waals surface area contributed by atoms with Gasteiger partial charge in [0.25, 0.3) is 0 Å². The predicted molar refractivity (Wildman–Crippen MR) is 114 cm³/mol. The first-order valence-electron chi connectivity index (χ1n) is 9.64. The summed E-state index contributed by atoms with van der Waals surface area (Å²) in [5, 5.41) is 4.96. The molecule has 3 aromatic rings. The summed E-state index contributed by atoms with van der Waals surface area (Å²) in [7, 11) is 0. The number of nitrogens with zero attached hydrogens (tertiary/aromatic N) is 3. The fourth-order valence-electron chi connectivity index (χ4n) is 3.33. The number of hydrogen-bond acceptors (Lipinski definition) is 5. The topological polar surface area (TPSA) is 67.8 Å². The van der Waals surface area contributed by atoms with Gasteiger partial charge in [0, 0.05) is 31.3 Å².